The smallest absolute Gasteiger partial charge is 0.305 e. The van der Waals surface area contributed by atoms with Gasteiger partial charge in [-0.05, 0) is 23.8 Å². The summed E-state index contributed by atoms with van der Waals surface area (Å²) in [5, 5.41) is 17.0. The first-order valence-corrected chi connectivity index (χ1v) is 12.5. The Morgan fingerprint density at radius 1 is 1.02 bits per heavy atom. The van der Waals surface area contributed by atoms with Crippen molar-refractivity contribution < 1.29 is 33.9 Å². The van der Waals surface area contributed by atoms with E-state index in [-0.39, 0.29) is 24.8 Å². The molecule has 210 valence electrons. The van der Waals surface area contributed by atoms with Gasteiger partial charge in [-0.3, -0.25) is 19.2 Å². The number of nitrogens with one attached hydrogen (secondary N) is 3. The van der Waals surface area contributed by atoms with Crippen molar-refractivity contribution >= 4 is 47.6 Å². The highest BCUT2D eigenvalue weighted by atomic mass is 16.4. The number of carboxylic acids is 1. The number of aldehydes is 2. The number of para-hydroxylation sites is 2. The van der Waals surface area contributed by atoms with E-state index in [9.17, 15) is 28.8 Å². The van der Waals surface area contributed by atoms with Crippen LogP contribution >= 0.6 is 0 Å². The fourth-order valence-corrected chi connectivity index (χ4v) is 4.24. The molecule has 0 saturated carbocycles. The Morgan fingerprint density at radius 3 is 2.38 bits per heavy atom. The first-order chi connectivity index (χ1) is 19.1. The summed E-state index contributed by atoms with van der Waals surface area (Å²) in [5.74, 6) is -2.75. The molecule has 1 aromatic carbocycles. The molecule has 3 rings (SSSR count). The van der Waals surface area contributed by atoms with Gasteiger partial charge in [0.05, 0.1) is 43.0 Å². The van der Waals surface area contributed by atoms with Crippen molar-refractivity contribution in [3.8, 4) is 0 Å². The van der Waals surface area contributed by atoms with Crippen molar-refractivity contribution in [3.05, 3.63) is 72.0 Å². The molecule has 0 bridgehead atoms. The Hall–Kier alpha value is -5.00. The van der Waals surface area contributed by atoms with Crippen LogP contribution in [0.5, 0.6) is 0 Å². The van der Waals surface area contributed by atoms with Gasteiger partial charge in [0, 0.05) is 14.0 Å². The van der Waals surface area contributed by atoms with Gasteiger partial charge in [0.1, 0.15) is 24.3 Å². The summed E-state index contributed by atoms with van der Waals surface area (Å²) in [4.78, 5) is 74.9. The highest BCUT2D eigenvalue weighted by Gasteiger charge is 2.26. The molecule has 12 nitrogen and oxygen atoms in total. The van der Waals surface area contributed by atoms with E-state index in [2.05, 4.69) is 16.0 Å². The number of amides is 3. The van der Waals surface area contributed by atoms with Crippen molar-refractivity contribution in [1.82, 2.24) is 16.0 Å². The molecule has 3 amide bonds. The summed E-state index contributed by atoms with van der Waals surface area (Å²) in [6.07, 6.45) is 11.4. The molecule has 1 aliphatic heterocycles. The minimum absolute atomic E-state index is 0.162. The summed E-state index contributed by atoms with van der Waals surface area (Å²) >= 11 is 0. The lowest BCUT2D eigenvalue weighted by Gasteiger charge is -2.30. The van der Waals surface area contributed by atoms with E-state index in [4.69, 9.17) is 5.11 Å². The number of nitrogens with zero attached hydrogens (tertiary/aromatic N) is 2. The van der Waals surface area contributed by atoms with Gasteiger partial charge in [0.2, 0.25) is 11.8 Å². The van der Waals surface area contributed by atoms with Crippen molar-refractivity contribution in [1.29, 1.82) is 0 Å². The zero-order chi connectivity index (χ0) is 29.2. The first kappa shape index (κ1) is 29.6. The second-order valence-electron chi connectivity index (χ2n) is 9.21. The average molecular weight is 550 g/mol. The van der Waals surface area contributed by atoms with Gasteiger partial charge in [-0.2, -0.15) is 0 Å². The van der Waals surface area contributed by atoms with E-state index in [1.165, 1.54) is 16.7 Å². The van der Waals surface area contributed by atoms with Crippen LogP contribution in [0.1, 0.15) is 13.3 Å². The molecule has 0 spiro atoms. The SMILES string of the molecule is CC(=O)N(C[C@@H](C=O)NC(=O)C1=CC=C2C=CC=CC2N1)c1ccccc1N(C)CC(=O)N[C@H](C=O)CC(=O)O. The number of hydrogen-bond acceptors (Lipinski definition) is 8. The predicted octanol–water partition coefficient (Wildman–Crippen LogP) is 0.226. The van der Waals surface area contributed by atoms with Gasteiger partial charge in [-0.25, -0.2) is 0 Å². The van der Waals surface area contributed by atoms with E-state index < -0.39 is 42.2 Å². The number of carbonyl (C=O) groups excluding carboxylic acids is 5. The minimum atomic E-state index is -1.23. The average Bonchev–Trinajstić information content (AvgIpc) is 2.93. The van der Waals surface area contributed by atoms with Gasteiger partial charge in [-0.15, -0.1) is 0 Å². The fourth-order valence-electron chi connectivity index (χ4n) is 4.24. The van der Waals surface area contributed by atoms with Crippen molar-refractivity contribution in [2.24, 2.45) is 0 Å². The lowest BCUT2D eigenvalue weighted by molar-refractivity contribution is -0.138. The molecular formula is C28H31N5O7. The van der Waals surface area contributed by atoms with Crippen LogP contribution < -0.4 is 25.8 Å². The molecule has 1 aliphatic carbocycles. The monoisotopic (exact) mass is 549 g/mol. The van der Waals surface area contributed by atoms with Crippen LogP contribution in [0.15, 0.2) is 72.0 Å². The summed E-state index contributed by atoms with van der Waals surface area (Å²) in [6, 6.07) is 4.28. The molecule has 0 saturated heterocycles. The van der Waals surface area contributed by atoms with Crippen LogP contribution in [0.25, 0.3) is 0 Å². The Kier molecular flexibility index (Phi) is 10.1. The Bertz CT molecular complexity index is 1300. The number of aliphatic carboxylic acids is 1. The summed E-state index contributed by atoms with van der Waals surface area (Å²) in [7, 11) is 1.58. The minimum Gasteiger partial charge on any atom is -0.481 e. The van der Waals surface area contributed by atoms with Crippen LogP contribution in [0, 0.1) is 0 Å². The lowest BCUT2D eigenvalue weighted by Crippen LogP contribution is -2.49. The van der Waals surface area contributed by atoms with Crippen LogP contribution in [0.2, 0.25) is 0 Å². The molecule has 1 heterocycles. The van der Waals surface area contributed by atoms with E-state index >= 15 is 0 Å². The van der Waals surface area contributed by atoms with Gasteiger partial charge in [0.25, 0.3) is 5.91 Å². The number of carboxylic acid groups (broad SMARTS) is 1. The number of likely N-dealkylation sites (N-methyl/N-ethyl adjacent to an activating group) is 1. The Labute approximate surface area is 231 Å². The Balaban J connectivity index is 1.72. The molecule has 0 aromatic heterocycles. The summed E-state index contributed by atoms with van der Waals surface area (Å²) in [6.45, 7) is 0.892. The van der Waals surface area contributed by atoms with E-state index in [0.29, 0.717) is 23.9 Å². The van der Waals surface area contributed by atoms with Gasteiger partial charge in [-0.1, -0.05) is 42.5 Å². The largest absolute Gasteiger partial charge is 0.481 e. The number of fused-ring (bicyclic) bond motifs is 1. The predicted molar refractivity (Wildman–Crippen MR) is 147 cm³/mol. The standard InChI is InChI=1S/C28H31N5O7/c1-18(36)33(14-21(17-35)30-28(40)23-12-11-19-7-3-4-8-22(19)31-23)25-10-6-5-9-24(25)32(2)15-26(37)29-20(16-34)13-27(38)39/h3-12,16-17,20-22,31H,13-15H2,1-2H3,(H,29,37)(H,30,40)(H,38,39)/t20-,21-,22?/m0/s1. The number of allylic oxidation sites excluding steroid dienone is 4. The van der Waals surface area contributed by atoms with Crippen LogP contribution in [0.4, 0.5) is 11.4 Å². The molecule has 2 aliphatic rings. The maximum atomic E-state index is 12.9. The normalized spacial score (nSPS) is 16.6. The van der Waals surface area contributed by atoms with E-state index in [1.54, 1.807) is 37.4 Å². The highest BCUT2D eigenvalue weighted by molar-refractivity contribution is 5.98. The Morgan fingerprint density at radius 2 is 1.73 bits per heavy atom. The maximum Gasteiger partial charge on any atom is 0.305 e. The third-order valence-electron chi connectivity index (χ3n) is 6.17. The molecular weight excluding hydrogens is 518 g/mol. The molecule has 0 fully saturated rings. The first-order valence-electron chi connectivity index (χ1n) is 12.5. The van der Waals surface area contributed by atoms with E-state index in [1.807, 2.05) is 30.4 Å². The third-order valence-corrected chi connectivity index (χ3v) is 6.17. The highest BCUT2D eigenvalue weighted by Crippen LogP contribution is 2.29. The number of carbonyl (C=O) groups is 6. The maximum absolute atomic E-state index is 12.9. The number of anilines is 2. The van der Waals surface area contributed by atoms with Crippen LogP contribution in [0.3, 0.4) is 0 Å². The third kappa shape index (κ3) is 7.76. The molecule has 0 radical (unpaired) electrons. The number of benzene rings is 1. The quantitative estimate of drug-likeness (QED) is 0.252. The lowest BCUT2D eigenvalue weighted by atomic mass is 9.98. The zero-order valence-corrected chi connectivity index (χ0v) is 22.1. The molecule has 3 atom stereocenters. The second kappa shape index (κ2) is 13.7. The molecule has 4 N–H and O–H groups in total. The topological polar surface area (TPSA) is 165 Å². The number of hydrogen-bond donors (Lipinski definition) is 4. The van der Waals surface area contributed by atoms with Crippen molar-refractivity contribution in [3.63, 3.8) is 0 Å². The molecule has 1 aromatic rings. The number of rotatable bonds is 13. The molecule has 40 heavy (non-hydrogen) atoms. The molecule has 1 unspecified atom stereocenters. The van der Waals surface area contributed by atoms with Crippen LogP contribution in [-0.4, -0.2) is 79.6 Å². The van der Waals surface area contributed by atoms with Gasteiger partial charge >= 0.3 is 5.97 Å². The van der Waals surface area contributed by atoms with Crippen molar-refractivity contribution in [2.75, 3.05) is 29.9 Å². The molecule has 12 heteroatoms. The number of dihydropyridines is 1. The van der Waals surface area contributed by atoms with Gasteiger partial charge in [0.15, 0.2) is 0 Å². The summed E-state index contributed by atoms with van der Waals surface area (Å²) < 4.78 is 0. The zero-order valence-electron chi connectivity index (χ0n) is 22.1. The fraction of sp³-hybridized carbons (Fsp3) is 0.286. The summed E-state index contributed by atoms with van der Waals surface area (Å²) in [5.41, 5.74) is 2.10. The van der Waals surface area contributed by atoms with Gasteiger partial charge < -0.3 is 40.4 Å². The second-order valence-corrected chi connectivity index (χ2v) is 9.21. The van der Waals surface area contributed by atoms with Crippen LogP contribution in [-0.2, 0) is 28.8 Å². The van der Waals surface area contributed by atoms with Crippen molar-refractivity contribution in [2.45, 2.75) is 31.5 Å². The van der Waals surface area contributed by atoms with E-state index in [0.717, 1.165) is 5.57 Å².